The summed E-state index contributed by atoms with van der Waals surface area (Å²) in [6.07, 6.45) is 1.38. The lowest BCUT2D eigenvalue weighted by Crippen LogP contribution is -2.07. The van der Waals surface area contributed by atoms with Crippen molar-refractivity contribution >= 4 is 7.14 Å². The van der Waals surface area contributed by atoms with Crippen molar-refractivity contribution in [1.82, 2.24) is 0 Å². The average Bonchev–Trinajstić information content (AvgIpc) is 2.67. The lowest BCUT2D eigenvalue weighted by Gasteiger charge is -2.24. The van der Waals surface area contributed by atoms with Gasteiger partial charge in [-0.05, 0) is 30.2 Å². The molecule has 5 nitrogen and oxygen atoms in total. The van der Waals surface area contributed by atoms with E-state index in [-0.39, 0.29) is 5.92 Å². The molecule has 0 fully saturated rings. The Morgan fingerprint density at radius 1 is 0.714 bits per heavy atom. The highest BCUT2D eigenvalue weighted by Gasteiger charge is 2.30. The van der Waals surface area contributed by atoms with Crippen LogP contribution in [0.2, 0.25) is 0 Å². The van der Waals surface area contributed by atoms with Gasteiger partial charge in [-0.1, -0.05) is 26.0 Å². The van der Waals surface area contributed by atoms with Crippen LogP contribution in [0.1, 0.15) is 25.0 Å². The minimum atomic E-state index is -2.70. The van der Waals surface area contributed by atoms with Crippen LogP contribution in [0.15, 0.2) is 36.4 Å². The van der Waals surface area contributed by atoms with Crippen LogP contribution in [-0.4, -0.2) is 34.6 Å². The molecule has 2 aromatic carbocycles. The van der Waals surface area contributed by atoms with Crippen LogP contribution in [0.25, 0.3) is 0 Å². The predicted molar refractivity (Wildman–Crippen MR) is 114 cm³/mol. The zero-order chi connectivity index (χ0) is 20.7. The van der Waals surface area contributed by atoms with Crippen molar-refractivity contribution in [3.05, 3.63) is 47.5 Å². The van der Waals surface area contributed by atoms with E-state index in [0.29, 0.717) is 41.5 Å². The third-order valence-electron chi connectivity index (χ3n) is 4.65. The highest BCUT2D eigenvalue weighted by Crippen LogP contribution is 2.57. The van der Waals surface area contributed by atoms with E-state index in [1.165, 1.54) is 0 Å². The standard InChI is InChI=1S/C22H31O5P/c1-16(2)13-28(23,14-17-19(24-3)9-7-10-20(17)25-4)15-18-21(26-5)11-8-12-22(18)27-6/h7-12,16H,13-15H2,1-6H3. The maximum atomic E-state index is 14.2. The lowest BCUT2D eigenvalue weighted by molar-refractivity contribution is 0.386. The molecule has 6 heteroatoms. The van der Waals surface area contributed by atoms with Crippen molar-refractivity contribution in [1.29, 1.82) is 0 Å². The first-order valence-corrected chi connectivity index (χ1v) is 11.6. The van der Waals surface area contributed by atoms with Crippen LogP contribution in [-0.2, 0) is 16.9 Å². The summed E-state index contributed by atoms with van der Waals surface area (Å²) in [5.74, 6) is 3.04. The molecule has 0 aromatic heterocycles. The molecule has 2 rings (SSSR count). The van der Waals surface area contributed by atoms with Gasteiger partial charge < -0.3 is 23.5 Å². The fraction of sp³-hybridized carbons (Fsp3) is 0.455. The van der Waals surface area contributed by atoms with Gasteiger partial charge in [0.15, 0.2) is 0 Å². The Bertz CT molecular complexity index is 726. The van der Waals surface area contributed by atoms with Crippen LogP contribution in [0.3, 0.4) is 0 Å². The molecule has 0 saturated heterocycles. The Kier molecular flexibility index (Phi) is 7.82. The first kappa shape index (κ1) is 22.2. The third kappa shape index (κ3) is 5.23. The van der Waals surface area contributed by atoms with Crippen molar-refractivity contribution in [2.75, 3.05) is 34.6 Å². The summed E-state index contributed by atoms with van der Waals surface area (Å²) in [6, 6.07) is 11.3. The predicted octanol–water partition coefficient (Wildman–Crippen LogP) is 5.44. The van der Waals surface area contributed by atoms with E-state index in [4.69, 9.17) is 18.9 Å². The lowest BCUT2D eigenvalue weighted by atomic mass is 10.2. The highest BCUT2D eigenvalue weighted by molar-refractivity contribution is 7.62. The molecule has 0 radical (unpaired) electrons. The molecule has 0 saturated carbocycles. The van der Waals surface area contributed by atoms with E-state index in [0.717, 1.165) is 11.1 Å². The maximum absolute atomic E-state index is 14.2. The van der Waals surface area contributed by atoms with E-state index >= 15 is 0 Å². The van der Waals surface area contributed by atoms with Crippen molar-refractivity contribution in [3.63, 3.8) is 0 Å². The molecule has 0 aliphatic rings. The molecule has 0 N–H and O–H groups in total. The second kappa shape index (κ2) is 9.88. The maximum Gasteiger partial charge on any atom is 0.126 e. The van der Waals surface area contributed by atoms with Gasteiger partial charge in [0.05, 0.1) is 35.6 Å². The van der Waals surface area contributed by atoms with Gasteiger partial charge in [-0.3, -0.25) is 0 Å². The van der Waals surface area contributed by atoms with Gasteiger partial charge in [0.1, 0.15) is 23.0 Å². The summed E-state index contributed by atoms with van der Waals surface area (Å²) in [5, 5.41) is 0. The van der Waals surface area contributed by atoms with Crippen LogP contribution < -0.4 is 18.9 Å². The average molecular weight is 406 g/mol. The van der Waals surface area contributed by atoms with Gasteiger partial charge in [0.25, 0.3) is 0 Å². The van der Waals surface area contributed by atoms with Gasteiger partial charge in [-0.2, -0.15) is 0 Å². The largest absolute Gasteiger partial charge is 0.496 e. The summed E-state index contributed by atoms with van der Waals surface area (Å²) >= 11 is 0. The summed E-state index contributed by atoms with van der Waals surface area (Å²) in [4.78, 5) is 0. The monoisotopic (exact) mass is 406 g/mol. The summed E-state index contributed by atoms with van der Waals surface area (Å²) in [6.45, 7) is 4.18. The van der Waals surface area contributed by atoms with E-state index in [2.05, 4.69) is 13.8 Å². The summed E-state index contributed by atoms with van der Waals surface area (Å²) in [5.41, 5.74) is 1.68. The first-order valence-electron chi connectivity index (χ1n) is 9.34. The van der Waals surface area contributed by atoms with Crippen molar-refractivity contribution in [2.24, 2.45) is 5.92 Å². The first-order chi connectivity index (χ1) is 13.4. The van der Waals surface area contributed by atoms with Crippen LogP contribution in [0, 0.1) is 5.92 Å². The van der Waals surface area contributed by atoms with Crippen molar-refractivity contribution in [3.8, 4) is 23.0 Å². The highest BCUT2D eigenvalue weighted by atomic mass is 31.2. The van der Waals surface area contributed by atoms with Gasteiger partial charge in [0, 0.05) is 29.6 Å². The normalized spacial score (nSPS) is 11.4. The van der Waals surface area contributed by atoms with Crippen LogP contribution >= 0.6 is 7.14 Å². The fourth-order valence-corrected chi connectivity index (χ4v) is 7.07. The zero-order valence-corrected chi connectivity index (χ0v) is 18.5. The van der Waals surface area contributed by atoms with Gasteiger partial charge in [0.2, 0.25) is 0 Å². The van der Waals surface area contributed by atoms with Crippen molar-refractivity contribution < 1.29 is 23.5 Å². The second-order valence-electron chi connectivity index (χ2n) is 7.23. The number of hydrogen-bond donors (Lipinski definition) is 0. The number of hydrogen-bond acceptors (Lipinski definition) is 5. The molecule has 0 unspecified atom stereocenters. The van der Waals surface area contributed by atoms with Crippen molar-refractivity contribution in [2.45, 2.75) is 26.2 Å². The molecular formula is C22H31O5P. The topological polar surface area (TPSA) is 54.0 Å². The Morgan fingerprint density at radius 2 is 1.04 bits per heavy atom. The Hall–Kier alpha value is -2.13. The minimum absolute atomic E-state index is 0.284. The van der Waals surface area contributed by atoms with Gasteiger partial charge in [-0.15, -0.1) is 0 Å². The van der Waals surface area contributed by atoms with Crippen LogP contribution in [0.4, 0.5) is 0 Å². The summed E-state index contributed by atoms with van der Waals surface area (Å²) < 4.78 is 36.3. The summed E-state index contributed by atoms with van der Waals surface area (Å²) in [7, 11) is 3.78. The molecule has 0 bridgehead atoms. The van der Waals surface area contributed by atoms with E-state index in [1.54, 1.807) is 28.4 Å². The Balaban J connectivity index is 2.52. The molecule has 0 atom stereocenters. The molecule has 0 spiro atoms. The molecule has 28 heavy (non-hydrogen) atoms. The van der Waals surface area contributed by atoms with E-state index in [1.807, 2.05) is 36.4 Å². The molecule has 0 aliphatic heterocycles. The third-order valence-corrected chi connectivity index (χ3v) is 7.83. The van der Waals surface area contributed by atoms with Gasteiger partial charge in [-0.25, -0.2) is 0 Å². The molecule has 0 heterocycles. The molecule has 0 aliphatic carbocycles. The molecular weight excluding hydrogens is 375 g/mol. The molecule has 0 amide bonds. The number of rotatable bonds is 10. The zero-order valence-electron chi connectivity index (χ0n) is 17.7. The number of ether oxygens (including phenoxy) is 4. The fourth-order valence-electron chi connectivity index (χ4n) is 3.59. The van der Waals surface area contributed by atoms with E-state index < -0.39 is 7.14 Å². The second-order valence-corrected chi connectivity index (χ2v) is 10.3. The quantitative estimate of drug-likeness (QED) is 0.492. The Morgan fingerprint density at radius 3 is 1.29 bits per heavy atom. The van der Waals surface area contributed by atoms with Crippen LogP contribution in [0.5, 0.6) is 23.0 Å². The molecule has 2 aromatic rings. The minimum Gasteiger partial charge on any atom is -0.496 e. The van der Waals surface area contributed by atoms with Gasteiger partial charge >= 0.3 is 0 Å². The Labute approximate surface area is 168 Å². The number of benzene rings is 2. The smallest absolute Gasteiger partial charge is 0.126 e. The van der Waals surface area contributed by atoms with E-state index in [9.17, 15) is 4.57 Å². The number of methoxy groups -OCH3 is 4. The SMILES string of the molecule is COc1cccc(OC)c1CP(=O)(Cc1c(OC)cccc1OC)CC(C)C. The molecule has 154 valence electrons.